The van der Waals surface area contributed by atoms with E-state index in [-0.39, 0.29) is 22.8 Å². The summed E-state index contributed by atoms with van der Waals surface area (Å²) >= 11 is 0. The molecule has 0 saturated heterocycles. The third kappa shape index (κ3) is 3.83. The number of nitrogen functional groups attached to an aromatic ring is 1. The van der Waals surface area contributed by atoms with Gasteiger partial charge in [-0.15, -0.1) is 5.10 Å². The highest BCUT2D eigenvalue weighted by atomic mass is 19.1. The number of pyridine rings is 1. The van der Waals surface area contributed by atoms with Crippen molar-refractivity contribution in [2.75, 3.05) is 5.73 Å². The van der Waals surface area contributed by atoms with E-state index in [1.54, 1.807) is 23.0 Å². The van der Waals surface area contributed by atoms with E-state index in [9.17, 15) is 4.39 Å². The van der Waals surface area contributed by atoms with Crippen LogP contribution < -0.4 is 5.73 Å². The Balaban J connectivity index is 1.45. The van der Waals surface area contributed by atoms with Gasteiger partial charge < -0.3 is 5.73 Å². The van der Waals surface area contributed by atoms with Crippen LogP contribution in [0.3, 0.4) is 0 Å². The van der Waals surface area contributed by atoms with Crippen molar-refractivity contribution in [1.82, 2.24) is 29.9 Å². The molecule has 3 aromatic heterocycles. The molecule has 1 saturated carbocycles. The maximum absolute atomic E-state index is 14.6. The normalized spacial score (nSPS) is 13.2. The van der Waals surface area contributed by atoms with Crippen LogP contribution in [0.25, 0.3) is 22.6 Å². The predicted octanol–water partition coefficient (Wildman–Crippen LogP) is 3.32. The molecule has 1 aliphatic carbocycles. The summed E-state index contributed by atoms with van der Waals surface area (Å²) < 4.78 is 16.3. The molecule has 0 radical (unpaired) electrons. The highest BCUT2D eigenvalue weighted by Gasteiger charge is 2.25. The molecule has 0 spiro atoms. The summed E-state index contributed by atoms with van der Waals surface area (Å²) in [6.45, 7) is 0.472. The molecule has 152 valence electrons. The van der Waals surface area contributed by atoms with Crippen molar-refractivity contribution in [3.63, 3.8) is 0 Å². The van der Waals surface area contributed by atoms with Crippen LogP contribution >= 0.6 is 0 Å². The zero-order valence-electron chi connectivity index (χ0n) is 16.4. The third-order valence-corrected chi connectivity index (χ3v) is 5.09. The standard InChI is InChI=1S/C22H17FN8/c23-21-14(10-24)3-1-5-16(21)18-9-19(28-22(25)27-18)20-12-31(30-29-20)11-15-4-2-6-17(26-15)13-7-8-13/h1-6,9,12-13H,7-8,11H2,(H2,25,27,28). The summed E-state index contributed by atoms with van der Waals surface area (Å²) in [7, 11) is 0. The van der Waals surface area contributed by atoms with Crippen molar-refractivity contribution in [3.05, 3.63) is 71.4 Å². The minimum Gasteiger partial charge on any atom is -0.368 e. The molecule has 8 nitrogen and oxygen atoms in total. The summed E-state index contributed by atoms with van der Waals surface area (Å²) in [5, 5.41) is 17.4. The molecule has 3 heterocycles. The quantitative estimate of drug-likeness (QED) is 0.534. The van der Waals surface area contributed by atoms with Crippen molar-refractivity contribution in [1.29, 1.82) is 5.26 Å². The van der Waals surface area contributed by atoms with Gasteiger partial charge in [-0.05, 0) is 43.2 Å². The van der Waals surface area contributed by atoms with E-state index in [0.29, 0.717) is 23.9 Å². The first-order chi connectivity index (χ1) is 15.1. The molecule has 0 unspecified atom stereocenters. The van der Waals surface area contributed by atoms with Gasteiger partial charge in [0.15, 0.2) is 0 Å². The number of halogens is 1. The first-order valence-electron chi connectivity index (χ1n) is 9.80. The van der Waals surface area contributed by atoms with Crippen LogP contribution in [0.4, 0.5) is 10.3 Å². The number of anilines is 1. The summed E-state index contributed by atoms with van der Waals surface area (Å²) in [5.74, 6) is -0.101. The zero-order chi connectivity index (χ0) is 21.4. The SMILES string of the molecule is N#Cc1cccc(-c2cc(-c3cn(Cc4cccc(C5CC5)n4)nn3)nc(N)n2)c1F. The lowest BCUT2D eigenvalue weighted by atomic mass is 10.1. The van der Waals surface area contributed by atoms with Gasteiger partial charge in [0.25, 0.3) is 0 Å². The highest BCUT2D eigenvalue weighted by molar-refractivity contribution is 5.68. The van der Waals surface area contributed by atoms with Gasteiger partial charge in [-0.1, -0.05) is 17.3 Å². The Morgan fingerprint density at radius 3 is 2.68 bits per heavy atom. The van der Waals surface area contributed by atoms with Crippen LogP contribution in [-0.4, -0.2) is 29.9 Å². The van der Waals surface area contributed by atoms with Crippen LogP contribution in [0.1, 0.15) is 35.7 Å². The molecule has 1 fully saturated rings. The average molecular weight is 412 g/mol. The Morgan fingerprint density at radius 2 is 1.87 bits per heavy atom. The monoisotopic (exact) mass is 412 g/mol. The predicted molar refractivity (Wildman–Crippen MR) is 111 cm³/mol. The van der Waals surface area contributed by atoms with Crippen LogP contribution in [0.2, 0.25) is 0 Å². The molecule has 1 aliphatic rings. The van der Waals surface area contributed by atoms with Crippen LogP contribution in [-0.2, 0) is 6.54 Å². The molecule has 5 rings (SSSR count). The summed E-state index contributed by atoms with van der Waals surface area (Å²) in [4.78, 5) is 13.0. The number of rotatable bonds is 5. The van der Waals surface area contributed by atoms with Crippen molar-refractivity contribution in [2.24, 2.45) is 0 Å². The first-order valence-corrected chi connectivity index (χ1v) is 9.80. The molecule has 9 heteroatoms. The number of hydrogen-bond donors (Lipinski definition) is 1. The van der Waals surface area contributed by atoms with Gasteiger partial charge in [-0.25, -0.2) is 19.0 Å². The average Bonchev–Trinajstić information content (AvgIpc) is 3.53. The fourth-order valence-corrected chi connectivity index (χ4v) is 3.40. The number of nitriles is 1. The van der Waals surface area contributed by atoms with Gasteiger partial charge >= 0.3 is 0 Å². The molecule has 0 bridgehead atoms. The van der Waals surface area contributed by atoms with Crippen LogP contribution in [0.15, 0.2) is 48.7 Å². The molecule has 1 aromatic carbocycles. The van der Waals surface area contributed by atoms with Crippen molar-refractivity contribution >= 4 is 5.95 Å². The van der Waals surface area contributed by atoms with E-state index in [2.05, 4.69) is 26.3 Å². The van der Waals surface area contributed by atoms with Crippen molar-refractivity contribution < 1.29 is 4.39 Å². The maximum Gasteiger partial charge on any atom is 0.221 e. The van der Waals surface area contributed by atoms with E-state index >= 15 is 0 Å². The van der Waals surface area contributed by atoms with E-state index in [1.165, 1.54) is 25.0 Å². The smallest absolute Gasteiger partial charge is 0.221 e. The van der Waals surface area contributed by atoms with E-state index in [0.717, 1.165) is 11.4 Å². The fourth-order valence-electron chi connectivity index (χ4n) is 3.40. The fraction of sp³-hybridized carbons (Fsp3) is 0.182. The molecule has 0 aliphatic heterocycles. The Labute approximate surface area is 177 Å². The molecule has 4 aromatic rings. The van der Waals surface area contributed by atoms with Gasteiger partial charge in [0.05, 0.1) is 35.4 Å². The minimum atomic E-state index is -0.653. The van der Waals surface area contributed by atoms with Gasteiger partial charge in [-0.3, -0.25) is 4.98 Å². The van der Waals surface area contributed by atoms with E-state index in [4.69, 9.17) is 16.0 Å². The Bertz CT molecular complexity index is 1320. The molecule has 0 amide bonds. The summed E-state index contributed by atoms with van der Waals surface area (Å²) in [5.41, 5.74) is 9.14. The molecular weight excluding hydrogens is 395 g/mol. The van der Waals surface area contributed by atoms with Gasteiger partial charge in [-0.2, -0.15) is 5.26 Å². The van der Waals surface area contributed by atoms with Gasteiger partial charge in [0.2, 0.25) is 5.95 Å². The second-order valence-corrected chi connectivity index (χ2v) is 7.40. The lowest BCUT2D eigenvalue weighted by Crippen LogP contribution is -2.03. The first kappa shape index (κ1) is 18.8. The zero-order valence-corrected chi connectivity index (χ0v) is 16.4. The van der Waals surface area contributed by atoms with E-state index < -0.39 is 5.82 Å². The van der Waals surface area contributed by atoms with Crippen molar-refractivity contribution in [2.45, 2.75) is 25.3 Å². The number of benzene rings is 1. The third-order valence-electron chi connectivity index (χ3n) is 5.09. The Morgan fingerprint density at radius 1 is 1.06 bits per heavy atom. The summed E-state index contributed by atoms with van der Waals surface area (Å²) in [6.07, 6.45) is 4.12. The van der Waals surface area contributed by atoms with Crippen LogP contribution in [0, 0.1) is 17.1 Å². The molecular formula is C22H17FN8. The topological polar surface area (TPSA) is 119 Å². The van der Waals surface area contributed by atoms with Crippen molar-refractivity contribution in [3.8, 4) is 28.7 Å². The number of nitrogens with zero attached hydrogens (tertiary/aromatic N) is 7. The number of aromatic nitrogens is 6. The summed E-state index contributed by atoms with van der Waals surface area (Å²) in [6, 6.07) is 14.0. The molecule has 2 N–H and O–H groups in total. The Hall–Kier alpha value is -4.19. The maximum atomic E-state index is 14.6. The highest BCUT2D eigenvalue weighted by Crippen LogP contribution is 2.38. The van der Waals surface area contributed by atoms with Gasteiger partial charge in [0, 0.05) is 17.2 Å². The second kappa shape index (κ2) is 7.57. The second-order valence-electron chi connectivity index (χ2n) is 7.40. The molecule has 0 atom stereocenters. The number of hydrogen-bond acceptors (Lipinski definition) is 7. The van der Waals surface area contributed by atoms with E-state index in [1.807, 2.05) is 18.2 Å². The lowest BCUT2D eigenvalue weighted by molar-refractivity contribution is 0.627. The van der Waals surface area contributed by atoms with Crippen LogP contribution in [0.5, 0.6) is 0 Å². The largest absolute Gasteiger partial charge is 0.368 e. The van der Waals surface area contributed by atoms with Gasteiger partial charge in [0.1, 0.15) is 17.6 Å². The molecule has 31 heavy (non-hydrogen) atoms. The lowest BCUT2D eigenvalue weighted by Gasteiger charge is -2.06. The minimum absolute atomic E-state index is 0.0254. The Kier molecular flexibility index (Phi) is 4.59. The number of nitrogens with two attached hydrogens (primary N) is 1.